The first-order valence-corrected chi connectivity index (χ1v) is 6.93. The van der Waals surface area contributed by atoms with Gasteiger partial charge < -0.3 is 10.2 Å². The SMILES string of the molecule is OC(Cc1ccc(Br)s1)C(O)c1ccccc1. The Hall–Kier alpha value is -0.680. The van der Waals surface area contributed by atoms with Gasteiger partial charge in [-0.1, -0.05) is 30.3 Å². The maximum absolute atomic E-state index is 10.0. The average Bonchev–Trinajstić information content (AvgIpc) is 2.75. The van der Waals surface area contributed by atoms with Crippen LogP contribution in [0.4, 0.5) is 0 Å². The molecule has 90 valence electrons. The molecule has 0 aliphatic rings. The summed E-state index contributed by atoms with van der Waals surface area (Å²) in [6, 6.07) is 13.1. The zero-order valence-corrected chi connectivity index (χ0v) is 11.5. The maximum Gasteiger partial charge on any atom is 0.105 e. The van der Waals surface area contributed by atoms with E-state index in [1.807, 2.05) is 42.5 Å². The molecule has 0 radical (unpaired) electrons. The fourth-order valence-corrected chi connectivity index (χ4v) is 3.18. The lowest BCUT2D eigenvalue weighted by atomic mass is 10.0. The van der Waals surface area contributed by atoms with Crippen LogP contribution in [-0.4, -0.2) is 16.3 Å². The fraction of sp³-hybridized carbons (Fsp3) is 0.231. The summed E-state index contributed by atoms with van der Waals surface area (Å²) in [4.78, 5) is 1.05. The van der Waals surface area contributed by atoms with Crippen molar-refractivity contribution in [1.82, 2.24) is 0 Å². The van der Waals surface area contributed by atoms with Crippen molar-refractivity contribution >= 4 is 27.3 Å². The molecule has 0 aliphatic heterocycles. The Balaban J connectivity index is 2.03. The van der Waals surface area contributed by atoms with E-state index in [9.17, 15) is 10.2 Å². The highest BCUT2D eigenvalue weighted by atomic mass is 79.9. The molecule has 2 rings (SSSR count). The molecule has 0 amide bonds. The van der Waals surface area contributed by atoms with E-state index in [0.29, 0.717) is 6.42 Å². The van der Waals surface area contributed by atoms with Crippen LogP contribution >= 0.6 is 27.3 Å². The van der Waals surface area contributed by atoms with E-state index in [1.165, 1.54) is 0 Å². The molecule has 0 spiro atoms. The van der Waals surface area contributed by atoms with Gasteiger partial charge in [-0.3, -0.25) is 0 Å². The molecule has 0 saturated heterocycles. The molecule has 1 heterocycles. The predicted molar refractivity (Wildman–Crippen MR) is 73.1 cm³/mol. The fourth-order valence-electron chi connectivity index (χ4n) is 1.65. The minimum absolute atomic E-state index is 0.465. The Labute approximate surface area is 113 Å². The zero-order chi connectivity index (χ0) is 12.3. The Bertz CT molecular complexity index is 469. The molecule has 1 aromatic carbocycles. The van der Waals surface area contributed by atoms with Crippen LogP contribution in [0.1, 0.15) is 16.5 Å². The molecule has 2 unspecified atom stereocenters. The van der Waals surface area contributed by atoms with Crippen LogP contribution < -0.4 is 0 Å². The number of aliphatic hydroxyl groups excluding tert-OH is 2. The number of thiophene rings is 1. The highest BCUT2D eigenvalue weighted by Crippen LogP contribution is 2.26. The Morgan fingerprint density at radius 2 is 1.76 bits per heavy atom. The van der Waals surface area contributed by atoms with Gasteiger partial charge in [-0.15, -0.1) is 11.3 Å². The predicted octanol–water partition coefficient (Wildman–Crippen LogP) is 3.15. The number of benzene rings is 1. The quantitative estimate of drug-likeness (QED) is 0.910. The lowest BCUT2D eigenvalue weighted by Crippen LogP contribution is -2.20. The first-order valence-electron chi connectivity index (χ1n) is 5.32. The van der Waals surface area contributed by atoms with Gasteiger partial charge in [0.25, 0.3) is 0 Å². The van der Waals surface area contributed by atoms with Crippen LogP contribution in [0.25, 0.3) is 0 Å². The number of rotatable bonds is 4. The summed E-state index contributed by atoms with van der Waals surface area (Å²) in [5.41, 5.74) is 0.746. The van der Waals surface area contributed by atoms with E-state index in [2.05, 4.69) is 15.9 Å². The highest BCUT2D eigenvalue weighted by Gasteiger charge is 2.19. The van der Waals surface area contributed by atoms with E-state index in [-0.39, 0.29) is 0 Å². The molecular formula is C13H13BrO2S. The molecule has 4 heteroatoms. The summed E-state index contributed by atoms with van der Waals surface area (Å²) in [7, 11) is 0. The van der Waals surface area contributed by atoms with Gasteiger partial charge in [0.2, 0.25) is 0 Å². The van der Waals surface area contributed by atoms with Crippen molar-refractivity contribution < 1.29 is 10.2 Å². The van der Waals surface area contributed by atoms with Gasteiger partial charge in [-0.25, -0.2) is 0 Å². The second-order valence-electron chi connectivity index (χ2n) is 3.83. The van der Waals surface area contributed by atoms with Crippen LogP contribution in [0.5, 0.6) is 0 Å². The molecule has 0 saturated carbocycles. The maximum atomic E-state index is 10.0. The van der Waals surface area contributed by atoms with Crippen molar-refractivity contribution in [3.63, 3.8) is 0 Å². The highest BCUT2D eigenvalue weighted by molar-refractivity contribution is 9.11. The van der Waals surface area contributed by atoms with Crippen LogP contribution in [0.15, 0.2) is 46.3 Å². The van der Waals surface area contributed by atoms with E-state index in [1.54, 1.807) is 11.3 Å². The summed E-state index contributed by atoms with van der Waals surface area (Å²) in [6.45, 7) is 0. The third-order valence-electron chi connectivity index (χ3n) is 2.54. The zero-order valence-electron chi connectivity index (χ0n) is 9.08. The minimum Gasteiger partial charge on any atom is -0.390 e. The van der Waals surface area contributed by atoms with E-state index in [4.69, 9.17) is 0 Å². The van der Waals surface area contributed by atoms with Gasteiger partial charge in [-0.2, -0.15) is 0 Å². The molecule has 2 aromatic rings. The molecule has 17 heavy (non-hydrogen) atoms. The smallest absolute Gasteiger partial charge is 0.105 e. The summed E-state index contributed by atoms with van der Waals surface area (Å²) in [5.74, 6) is 0. The van der Waals surface area contributed by atoms with Crippen molar-refractivity contribution in [2.75, 3.05) is 0 Å². The Morgan fingerprint density at radius 3 is 2.35 bits per heavy atom. The number of hydrogen-bond donors (Lipinski definition) is 2. The summed E-state index contributed by atoms with van der Waals surface area (Å²) >= 11 is 4.95. The van der Waals surface area contributed by atoms with Crippen molar-refractivity contribution in [2.45, 2.75) is 18.6 Å². The topological polar surface area (TPSA) is 40.5 Å². The molecule has 0 aliphatic carbocycles. The number of hydrogen-bond acceptors (Lipinski definition) is 3. The van der Waals surface area contributed by atoms with Crippen LogP contribution in [0, 0.1) is 0 Å². The van der Waals surface area contributed by atoms with E-state index < -0.39 is 12.2 Å². The number of halogens is 1. The summed E-state index contributed by atoms with van der Waals surface area (Å²) in [6.07, 6.45) is -1.15. The van der Waals surface area contributed by atoms with Gasteiger partial charge in [0.15, 0.2) is 0 Å². The second-order valence-corrected chi connectivity index (χ2v) is 6.38. The monoisotopic (exact) mass is 312 g/mol. The minimum atomic E-state index is -0.836. The van der Waals surface area contributed by atoms with Crippen molar-refractivity contribution in [2.24, 2.45) is 0 Å². The molecule has 0 bridgehead atoms. The van der Waals surface area contributed by atoms with Gasteiger partial charge in [0.05, 0.1) is 9.89 Å². The Kier molecular flexibility index (Phi) is 4.34. The standard InChI is InChI=1S/C13H13BrO2S/c14-12-7-6-10(17-12)8-11(15)13(16)9-4-2-1-3-5-9/h1-7,11,13,15-16H,8H2. The third-order valence-corrected chi connectivity index (χ3v) is 4.19. The molecule has 1 aromatic heterocycles. The number of aliphatic hydroxyl groups is 2. The van der Waals surface area contributed by atoms with E-state index in [0.717, 1.165) is 14.2 Å². The lowest BCUT2D eigenvalue weighted by Gasteiger charge is -2.17. The van der Waals surface area contributed by atoms with Crippen LogP contribution in [0.2, 0.25) is 0 Å². The molecule has 2 N–H and O–H groups in total. The van der Waals surface area contributed by atoms with Crippen LogP contribution in [-0.2, 0) is 6.42 Å². The van der Waals surface area contributed by atoms with Gasteiger partial charge in [0, 0.05) is 11.3 Å². The molecule has 0 fully saturated rings. The molecule has 2 atom stereocenters. The first kappa shape index (κ1) is 12.8. The molecule has 2 nitrogen and oxygen atoms in total. The lowest BCUT2D eigenvalue weighted by molar-refractivity contribution is 0.0194. The Morgan fingerprint density at radius 1 is 1.06 bits per heavy atom. The van der Waals surface area contributed by atoms with E-state index >= 15 is 0 Å². The summed E-state index contributed by atoms with van der Waals surface area (Å²) < 4.78 is 1.04. The second kappa shape index (κ2) is 5.78. The van der Waals surface area contributed by atoms with Gasteiger partial charge >= 0.3 is 0 Å². The first-order chi connectivity index (χ1) is 8.16. The van der Waals surface area contributed by atoms with Crippen molar-refractivity contribution in [3.8, 4) is 0 Å². The average molecular weight is 313 g/mol. The van der Waals surface area contributed by atoms with Crippen molar-refractivity contribution in [3.05, 3.63) is 56.7 Å². The van der Waals surface area contributed by atoms with Crippen LogP contribution in [0.3, 0.4) is 0 Å². The summed E-state index contributed by atoms with van der Waals surface area (Å²) in [5, 5.41) is 20.0. The molecular weight excluding hydrogens is 300 g/mol. The van der Waals surface area contributed by atoms with Gasteiger partial charge in [0.1, 0.15) is 6.10 Å². The normalized spacial score (nSPS) is 14.5. The third kappa shape index (κ3) is 3.39. The van der Waals surface area contributed by atoms with Crippen molar-refractivity contribution in [1.29, 1.82) is 0 Å². The largest absolute Gasteiger partial charge is 0.390 e. The van der Waals surface area contributed by atoms with Gasteiger partial charge in [-0.05, 0) is 33.6 Å².